The molecule has 0 unspecified atom stereocenters. The molecule has 0 aliphatic carbocycles. The lowest BCUT2D eigenvalue weighted by Gasteiger charge is -2.14. The van der Waals surface area contributed by atoms with Crippen LogP contribution in [0.5, 0.6) is 11.5 Å². The summed E-state index contributed by atoms with van der Waals surface area (Å²) in [5, 5.41) is 0.949. The fraction of sp³-hybridized carbons (Fsp3) is 0.206. The second-order valence-corrected chi connectivity index (χ2v) is 9.83. The molecule has 0 aliphatic heterocycles. The lowest BCUT2D eigenvalue weighted by molar-refractivity contribution is -0.145. The number of aryl methyl sites for hydroxylation is 1. The van der Waals surface area contributed by atoms with Crippen LogP contribution in [0.15, 0.2) is 97.1 Å². The Labute approximate surface area is 242 Å². The first-order chi connectivity index (χ1) is 20.2. The second-order valence-electron chi connectivity index (χ2n) is 9.83. The SMILES string of the molecule is CCOC(=O)COc1ccc(Cn2c(-c3ccc(C(F)(F)F)cc3)c(C)c3cc(OCc4ccccc4)ccc32)cc1. The van der Waals surface area contributed by atoms with E-state index in [4.69, 9.17) is 14.2 Å². The molecule has 0 spiro atoms. The number of benzene rings is 4. The van der Waals surface area contributed by atoms with Crippen LogP contribution in [0.4, 0.5) is 13.2 Å². The number of aromatic nitrogens is 1. The number of nitrogens with zero attached hydrogens (tertiary/aromatic N) is 1. The van der Waals surface area contributed by atoms with E-state index in [0.717, 1.165) is 45.4 Å². The topological polar surface area (TPSA) is 49.7 Å². The third kappa shape index (κ3) is 6.60. The number of hydrogen-bond donors (Lipinski definition) is 0. The van der Waals surface area contributed by atoms with Crippen molar-refractivity contribution in [2.75, 3.05) is 13.2 Å². The first-order valence-corrected chi connectivity index (χ1v) is 13.6. The molecule has 8 heteroatoms. The van der Waals surface area contributed by atoms with Crippen molar-refractivity contribution in [3.63, 3.8) is 0 Å². The Morgan fingerprint density at radius 1 is 0.810 bits per heavy atom. The predicted octanol–water partition coefficient (Wildman–Crippen LogP) is 8.20. The van der Waals surface area contributed by atoms with Crippen molar-refractivity contribution in [3.8, 4) is 22.8 Å². The molecule has 5 nitrogen and oxygen atoms in total. The number of fused-ring (bicyclic) bond motifs is 1. The van der Waals surface area contributed by atoms with Crippen LogP contribution in [0, 0.1) is 6.92 Å². The van der Waals surface area contributed by atoms with E-state index < -0.39 is 17.7 Å². The van der Waals surface area contributed by atoms with E-state index in [0.29, 0.717) is 30.2 Å². The van der Waals surface area contributed by atoms with Crippen molar-refractivity contribution in [1.82, 2.24) is 4.57 Å². The lowest BCUT2D eigenvalue weighted by Crippen LogP contribution is -2.14. The molecule has 0 fully saturated rings. The van der Waals surface area contributed by atoms with Crippen molar-refractivity contribution < 1.29 is 32.2 Å². The first kappa shape index (κ1) is 28.8. The standard InChI is InChI=1S/C34H30F3NO4/c1-3-40-32(39)22-42-28-15-9-24(10-16-28)20-38-31-18-17-29(41-21-25-7-5-4-6-8-25)19-30(31)23(2)33(38)26-11-13-27(14-12-26)34(35,36)37/h4-19H,3,20-22H2,1-2H3. The predicted molar refractivity (Wildman–Crippen MR) is 156 cm³/mol. The van der Waals surface area contributed by atoms with Crippen molar-refractivity contribution in [2.45, 2.75) is 33.2 Å². The Kier molecular flexibility index (Phi) is 8.52. The van der Waals surface area contributed by atoms with Crippen molar-refractivity contribution >= 4 is 16.9 Å². The second kappa shape index (κ2) is 12.4. The van der Waals surface area contributed by atoms with E-state index in [9.17, 15) is 18.0 Å². The zero-order valence-electron chi connectivity index (χ0n) is 23.3. The van der Waals surface area contributed by atoms with Gasteiger partial charge in [0, 0.05) is 17.4 Å². The highest BCUT2D eigenvalue weighted by Gasteiger charge is 2.30. The van der Waals surface area contributed by atoms with E-state index in [1.165, 1.54) is 12.1 Å². The molecule has 1 heterocycles. The summed E-state index contributed by atoms with van der Waals surface area (Å²) < 4.78 is 58.5. The number of alkyl halides is 3. The van der Waals surface area contributed by atoms with Crippen LogP contribution in [0.3, 0.4) is 0 Å². The summed E-state index contributed by atoms with van der Waals surface area (Å²) in [6.07, 6.45) is -4.41. The summed E-state index contributed by atoms with van der Waals surface area (Å²) in [6, 6.07) is 28.3. The number of ether oxygens (including phenoxy) is 3. The van der Waals surface area contributed by atoms with Crippen molar-refractivity contribution in [3.05, 3.63) is 119 Å². The summed E-state index contributed by atoms with van der Waals surface area (Å²) in [7, 11) is 0. The Balaban J connectivity index is 1.48. The average molecular weight is 574 g/mol. The normalized spacial score (nSPS) is 11.5. The van der Waals surface area contributed by atoms with Gasteiger partial charge >= 0.3 is 12.1 Å². The largest absolute Gasteiger partial charge is 0.489 e. The first-order valence-electron chi connectivity index (χ1n) is 13.6. The highest BCUT2D eigenvalue weighted by atomic mass is 19.4. The highest BCUT2D eigenvalue weighted by Crippen LogP contribution is 2.38. The summed E-state index contributed by atoms with van der Waals surface area (Å²) in [5.41, 5.74) is 4.67. The number of halogens is 3. The van der Waals surface area contributed by atoms with Gasteiger partial charge in [0.1, 0.15) is 18.1 Å². The minimum absolute atomic E-state index is 0.179. The van der Waals surface area contributed by atoms with E-state index in [2.05, 4.69) is 4.57 Å². The third-order valence-electron chi connectivity index (χ3n) is 6.95. The molecule has 0 amide bonds. The molecule has 5 aromatic rings. The Bertz CT molecular complexity index is 1660. The third-order valence-corrected chi connectivity index (χ3v) is 6.95. The fourth-order valence-electron chi connectivity index (χ4n) is 4.90. The molecule has 0 N–H and O–H groups in total. The summed E-state index contributed by atoms with van der Waals surface area (Å²) in [4.78, 5) is 11.6. The Morgan fingerprint density at radius 2 is 1.50 bits per heavy atom. The van der Waals surface area contributed by atoms with Crippen LogP contribution >= 0.6 is 0 Å². The minimum atomic E-state index is -4.41. The molecule has 5 rings (SSSR count). The van der Waals surface area contributed by atoms with Crippen LogP contribution in [-0.2, 0) is 28.9 Å². The van der Waals surface area contributed by atoms with Crippen LogP contribution < -0.4 is 9.47 Å². The molecule has 0 atom stereocenters. The molecule has 1 aromatic heterocycles. The smallest absolute Gasteiger partial charge is 0.416 e. The van der Waals surface area contributed by atoms with Crippen LogP contribution in [0.2, 0.25) is 0 Å². The number of hydrogen-bond acceptors (Lipinski definition) is 4. The van der Waals surface area contributed by atoms with Gasteiger partial charge in [-0.05, 0) is 78.6 Å². The van der Waals surface area contributed by atoms with Gasteiger partial charge in [-0.25, -0.2) is 4.79 Å². The number of carbonyl (C=O) groups excluding carboxylic acids is 1. The van der Waals surface area contributed by atoms with Gasteiger partial charge in [-0.2, -0.15) is 13.2 Å². The maximum atomic E-state index is 13.3. The number of esters is 1. The molecule has 216 valence electrons. The van der Waals surface area contributed by atoms with Gasteiger partial charge < -0.3 is 18.8 Å². The monoisotopic (exact) mass is 573 g/mol. The van der Waals surface area contributed by atoms with E-state index in [1.807, 2.05) is 67.6 Å². The number of carbonyl (C=O) groups is 1. The molecule has 0 saturated carbocycles. The highest BCUT2D eigenvalue weighted by molar-refractivity contribution is 5.92. The van der Waals surface area contributed by atoms with Gasteiger partial charge in [-0.3, -0.25) is 0 Å². The average Bonchev–Trinajstić information content (AvgIpc) is 3.26. The van der Waals surface area contributed by atoms with Gasteiger partial charge in [0.25, 0.3) is 0 Å². The van der Waals surface area contributed by atoms with Gasteiger partial charge in [0.2, 0.25) is 0 Å². The summed E-state index contributed by atoms with van der Waals surface area (Å²) in [5.74, 6) is 0.793. The van der Waals surface area contributed by atoms with E-state index in [-0.39, 0.29) is 13.2 Å². The quantitative estimate of drug-likeness (QED) is 0.158. The zero-order chi connectivity index (χ0) is 29.7. The van der Waals surface area contributed by atoms with E-state index >= 15 is 0 Å². The zero-order valence-corrected chi connectivity index (χ0v) is 23.3. The number of rotatable bonds is 10. The molecular formula is C34H30F3NO4. The van der Waals surface area contributed by atoms with Gasteiger partial charge in [-0.15, -0.1) is 0 Å². The summed E-state index contributed by atoms with van der Waals surface area (Å²) >= 11 is 0. The van der Waals surface area contributed by atoms with Crippen LogP contribution in [-0.4, -0.2) is 23.8 Å². The molecule has 0 bridgehead atoms. The van der Waals surface area contributed by atoms with Gasteiger partial charge in [0.05, 0.1) is 17.9 Å². The maximum Gasteiger partial charge on any atom is 0.416 e. The molecule has 42 heavy (non-hydrogen) atoms. The van der Waals surface area contributed by atoms with Crippen LogP contribution in [0.25, 0.3) is 22.2 Å². The van der Waals surface area contributed by atoms with Crippen LogP contribution in [0.1, 0.15) is 29.2 Å². The summed E-state index contributed by atoms with van der Waals surface area (Å²) in [6.45, 7) is 4.69. The molecular weight excluding hydrogens is 543 g/mol. The Hall–Kier alpha value is -4.72. The Morgan fingerprint density at radius 3 is 2.17 bits per heavy atom. The minimum Gasteiger partial charge on any atom is -0.489 e. The molecule has 0 saturated heterocycles. The van der Waals surface area contributed by atoms with E-state index in [1.54, 1.807) is 19.1 Å². The van der Waals surface area contributed by atoms with Crippen molar-refractivity contribution in [2.24, 2.45) is 0 Å². The molecule has 4 aromatic carbocycles. The van der Waals surface area contributed by atoms with Crippen molar-refractivity contribution in [1.29, 1.82) is 0 Å². The molecule has 0 aliphatic rings. The maximum absolute atomic E-state index is 13.3. The van der Waals surface area contributed by atoms with Gasteiger partial charge in [-0.1, -0.05) is 54.6 Å². The lowest BCUT2D eigenvalue weighted by atomic mass is 10.0. The molecule has 0 radical (unpaired) electrons. The fourth-order valence-corrected chi connectivity index (χ4v) is 4.90. The van der Waals surface area contributed by atoms with Gasteiger partial charge in [0.15, 0.2) is 6.61 Å².